The van der Waals surface area contributed by atoms with Crippen molar-refractivity contribution in [1.82, 2.24) is 20.1 Å². The number of nitrogens with one attached hydrogen (secondary N) is 1. The molecule has 0 radical (unpaired) electrons. The van der Waals surface area contributed by atoms with E-state index in [0.717, 1.165) is 30.2 Å². The van der Waals surface area contributed by atoms with Gasteiger partial charge in [-0.05, 0) is 36.1 Å². The molecule has 0 bridgehead atoms. The third kappa shape index (κ3) is 4.29. The summed E-state index contributed by atoms with van der Waals surface area (Å²) in [7, 11) is 0. The average Bonchev–Trinajstić information content (AvgIpc) is 2.90. The van der Waals surface area contributed by atoms with Gasteiger partial charge < -0.3 is 5.32 Å². The van der Waals surface area contributed by atoms with Gasteiger partial charge in [0, 0.05) is 18.9 Å². The van der Waals surface area contributed by atoms with E-state index in [-0.39, 0.29) is 0 Å². The summed E-state index contributed by atoms with van der Waals surface area (Å²) >= 11 is 6.22. The zero-order chi connectivity index (χ0) is 15.4. The van der Waals surface area contributed by atoms with Crippen LogP contribution in [0.15, 0.2) is 24.5 Å². The SMILES string of the molecule is CC(C)CNCc1cc(-n2ccc(C(C)C)n2)ncc1Cl. The summed E-state index contributed by atoms with van der Waals surface area (Å²) in [6.07, 6.45) is 3.64. The molecule has 1 N–H and O–H groups in total. The van der Waals surface area contributed by atoms with Crippen LogP contribution >= 0.6 is 11.6 Å². The molecule has 0 unspecified atom stereocenters. The van der Waals surface area contributed by atoms with Crippen LogP contribution in [0.5, 0.6) is 0 Å². The van der Waals surface area contributed by atoms with Crippen molar-refractivity contribution in [3.63, 3.8) is 0 Å². The zero-order valence-corrected chi connectivity index (χ0v) is 13.9. The maximum atomic E-state index is 6.22. The maximum absolute atomic E-state index is 6.22. The molecule has 2 aromatic rings. The molecule has 0 aliphatic rings. The third-order valence-electron chi connectivity index (χ3n) is 3.22. The van der Waals surface area contributed by atoms with Crippen LogP contribution in [0.1, 0.15) is 44.9 Å². The van der Waals surface area contributed by atoms with E-state index in [2.05, 4.69) is 43.1 Å². The van der Waals surface area contributed by atoms with Crippen LogP contribution in [0, 0.1) is 5.92 Å². The van der Waals surface area contributed by atoms with Gasteiger partial charge in [0.2, 0.25) is 0 Å². The lowest BCUT2D eigenvalue weighted by Gasteiger charge is -2.10. The van der Waals surface area contributed by atoms with Gasteiger partial charge in [-0.25, -0.2) is 9.67 Å². The monoisotopic (exact) mass is 306 g/mol. The van der Waals surface area contributed by atoms with E-state index in [0.29, 0.717) is 16.9 Å². The first-order valence-corrected chi connectivity index (χ1v) is 7.76. The molecule has 0 spiro atoms. The molecule has 0 fully saturated rings. The molecular weight excluding hydrogens is 284 g/mol. The lowest BCUT2D eigenvalue weighted by Crippen LogP contribution is -2.19. The number of aromatic nitrogens is 3. The molecule has 0 aliphatic carbocycles. The molecule has 5 heteroatoms. The highest BCUT2D eigenvalue weighted by atomic mass is 35.5. The van der Waals surface area contributed by atoms with E-state index in [1.807, 2.05) is 18.3 Å². The van der Waals surface area contributed by atoms with E-state index in [1.54, 1.807) is 10.9 Å². The summed E-state index contributed by atoms with van der Waals surface area (Å²) < 4.78 is 1.80. The molecule has 21 heavy (non-hydrogen) atoms. The van der Waals surface area contributed by atoms with Crippen LogP contribution in [-0.2, 0) is 6.54 Å². The number of hydrogen-bond acceptors (Lipinski definition) is 3. The topological polar surface area (TPSA) is 42.7 Å². The van der Waals surface area contributed by atoms with Crippen LogP contribution in [0.2, 0.25) is 5.02 Å². The molecule has 2 aromatic heterocycles. The molecule has 0 aromatic carbocycles. The Morgan fingerprint density at radius 2 is 2.05 bits per heavy atom. The van der Waals surface area contributed by atoms with Crippen LogP contribution in [0.3, 0.4) is 0 Å². The van der Waals surface area contributed by atoms with Crippen LogP contribution in [-0.4, -0.2) is 21.3 Å². The number of rotatable bonds is 6. The predicted molar refractivity (Wildman–Crippen MR) is 87.0 cm³/mol. The van der Waals surface area contributed by atoms with Crippen LogP contribution < -0.4 is 5.32 Å². The standard InChI is InChI=1S/C16H23ClN4/c1-11(2)8-18-9-13-7-16(19-10-14(13)17)21-6-5-15(20-21)12(3)4/h5-7,10-12,18H,8-9H2,1-4H3. The lowest BCUT2D eigenvalue weighted by atomic mass is 10.1. The second-order valence-electron chi connectivity index (χ2n) is 6.00. The van der Waals surface area contributed by atoms with E-state index in [1.165, 1.54) is 0 Å². The van der Waals surface area contributed by atoms with Gasteiger partial charge in [0.15, 0.2) is 5.82 Å². The van der Waals surface area contributed by atoms with Crippen molar-refractivity contribution in [3.8, 4) is 5.82 Å². The minimum atomic E-state index is 0.408. The highest BCUT2D eigenvalue weighted by Crippen LogP contribution is 2.18. The highest BCUT2D eigenvalue weighted by Gasteiger charge is 2.08. The van der Waals surface area contributed by atoms with Gasteiger partial charge in [-0.15, -0.1) is 0 Å². The molecule has 0 amide bonds. The third-order valence-corrected chi connectivity index (χ3v) is 3.56. The van der Waals surface area contributed by atoms with Crippen molar-refractivity contribution < 1.29 is 0 Å². The van der Waals surface area contributed by atoms with Crippen molar-refractivity contribution in [1.29, 1.82) is 0 Å². The fourth-order valence-corrected chi connectivity index (χ4v) is 2.17. The van der Waals surface area contributed by atoms with E-state index >= 15 is 0 Å². The lowest BCUT2D eigenvalue weighted by molar-refractivity contribution is 0.552. The fourth-order valence-electron chi connectivity index (χ4n) is 2.00. The first-order chi connectivity index (χ1) is 9.97. The van der Waals surface area contributed by atoms with E-state index < -0.39 is 0 Å². The summed E-state index contributed by atoms with van der Waals surface area (Å²) in [6, 6.07) is 4.02. The first kappa shape index (κ1) is 16.0. The van der Waals surface area contributed by atoms with Crippen LogP contribution in [0.25, 0.3) is 5.82 Å². The van der Waals surface area contributed by atoms with Crippen molar-refractivity contribution in [3.05, 3.63) is 40.8 Å². The Morgan fingerprint density at radius 3 is 2.67 bits per heavy atom. The van der Waals surface area contributed by atoms with Crippen molar-refractivity contribution in [2.75, 3.05) is 6.54 Å². The normalized spacial score (nSPS) is 11.6. The summed E-state index contributed by atoms with van der Waals surface area (Å²) in [5.41, 5.74) is 2.11. The Hall–Kier alpha value is -1.39. The largest absolute Gasteiger partial charge is 0.312 e. The Bertz CT molecular complexity index is 590. The smallest absolute Gasteiger partial charge is 0.153 e. The number of nitrogens with zero attached hydrogens (tertiary/aromatic N) is 3. The summed E-state index contributed by atoms with van der Waals surface area (Å²) in [4.78, 5) is 4.37. The molecule has 0 saturated heterocycles. The van der Waals surface area contributed by atoms with Gasteiger partial charge in [-0.1, -0.05) is 39.3 Å². The average molecular weight is 307 g/mol. The van der Waals surface area contributed by atoms with Crippen molar-refractivity contribution in [2.24, 2.45) is 5.92 Å². The van der Waals surface area contributed by atoms with E-state index in [4.69, 9.17) is 11.6 Å². The number of hydrogen-bond donors (Lipinski definition) is 1. The first-order valence-electron chi connectivity index (χ1n) is 7.38. The van der Waals surface area contributed by atoms with Gasteiger partial charge >= 0.3 is 0 Å². The molecule has 4 nitrogen and oxygen atoms in total. The Labute approximate surface area is 131 Å². The molecule has 2 heterocycles. The Morgan fingerprint density at radius 1 is 1.29 bits per heavy atom. The van der Waals surface area contributed by atoms with Gasteiger partial charge in [-0.2, -0.15) is 5.10 Å². The maximum Gasteiger partial charge on any atom is 0.153 e. The van der Waals surface area contributed by atoms with Crippen LogP contribution in [0.4, 0.5) is 0 Å². The number of halogens is 1. The number of pyridine rings is 1. The van der Waals surface area contributed by atoms with Gasteiger partial charge in [0.05, 0.1) is 10.7 Å². The second kappa shape index (κ2) is 7.05. The molecule has 0 aliphatic heterocycles. The summed E-state index contributed by atoms with van der Waals surface area (Å²) in [5, 5.41) is 8.64. The Balaban J connectivity index is 2.16. The highest BCUT2D eigenvalue weighted by molar-refractivity contribution is 6.31. The van der Waals surface area contributed by atoms with Crippen molar-refractivity contribution >= 4 is 11.6 Å². The minimum Gasteiger partial charge on any atom is -0.312 e. The predicted octanol–water partition coefficient (Wildman–Crippen LogP) is 3.79. The van der Waals surface area contributed by atoms with E-state index in [9.17, 15) is 0 Å². The second-order valence-corrected chi connectivity index (χ2v) is 6.41. The quantitative estimate of drug-likeness (QED) is 0.883. The van der Waals surface area contributed by atoms with Gasteiger partial charge in [-0.3, -0.25) is 0 Å². The van der Waals surface area contributed by atoms with Crippen molar-refractivity contribution in [2.45, 2.75) is 40.2 Å². The zero-order valence-electron chi connectivity index (χ0n) is 13.1. The fraction of sp³-hybridized carbons (Fsp3) is 0.500. The Kier molecular flexibility index (Phi) is 5.37. The molecule has 114 valence electrons. The summed E-state index contributed by atoms with van der Waals surface area (Å²) in [6.45, 7) is 10.3. The molecule has 2 rings (SSSR count). The minimum absolute atomic E-state index is 0.408. The molecule has 0 atom stereocenters. The molecular formula is C16H23ClN4. The summed E-state index contributed by atoms with van der Waals surface area (Å²) in [5.74, 6) is 1.82. The van der Waals surface area contributed by atoms with Gasteiger partial charge in [0.25, 0.3) is 0 Å². The van der Waals surface area contributed by atoms with Gasteiger partial charge in [0.1, 0.15) is 0 Å². The molecule has 0 saturated carbocycles.